The van der Waals surface area contributed by atoms with E-state index < -0.39 is 5.97 Å². The third-order valence-corrected chi connectivity index (χ3v) is 6.66. The minimum Gasteiger partial charge on any atom is -0.486 e. The van der Waals surface area contributed by atoms with Crippen LogP contribution in [0.25, 0.3) is 0 Å². The van der Waals surface area contributed by atoms with Gasteiger partial charge in [0, 0.05) is 19.0 Å². The number of likely N-dealkylation sites (tertiary alicyclic amines) is 1. The molecule has 2 saturated carbocycles. The summed E-state index contributed by atoms with van der Waals surface area (Å²) in [7, 11) is 0. The van der Waals surface area contributed by atoms with Crippen LogP contribution in [0.15, 0.2) is 18.2 Å². The van der Waals surface area contributed by atoms with E-state index in [1.807, 2.05) is 23.1 Å². The third-order valence-electron chi connectivity index (χ3n) is 6.66. The van der Waals surface area contributed by atoms with Gasteiger partial charge in [-0.1, -0.05) is 6.07 Å². The van der Waals surface area contributed by atoms with Gasteiger partial charge in [-0.2, -0.15) is 0 Å². The Hall–Kier alpha value is -2.24. The molecule has 1 aromatic rings. The van der Waals surface area contributed by atoms with Crippen molar-refractivity contribution < 1.29 is 24.2 Å². The Labute approximate surface area is 152 Å². The Morgan fingerprint density at radius 1 is 1.12 bits per heavy atom. The largest absolute Gasteiger partial charge is 0.486 e. The second-order valence-electron chi connectivity index (χ2n) is 8.13. The summed E-state index contributed by atoms with van der Waals surface area (Å²) >= 11 is 0. The highest BCUT2D eigenvalue weighted by atomic mass is 16.6. The summed E-state index contributed by atoms with van der Waals surface area (Å²) in [6.07, 6.45) is 3.33. The number of aliphatic carboxylic acids is 1. The smallest absolute Gasteiger partial charge is 0.307 e. The van der Waals surface area contributed by atoms with Crippen molar-refractivity contribution in [1.82, 2.24) is 4.90 Å². The number of carbonyl (C=O) groups excluding carboxylic acids is 1. The fourth-order valence-electron chi connectivity index (χ4n) is 4.78. The van der Waals surface area contributed by atoms with Gasteiger partial charge in [0.2, 0.25) is 5.91 Å². The second kappa shape index (κ2) is 5.63. The molecule has 2 aliphatic carbocycles. The number of carboxylic acid groups (broad SMARTS) is 1. The number of rotatable bonds is 3. The number of hydrogen-bond acceptors (Lipinski definition) is 4. The van der Waals surface area contributed by atoms with Gasteiger partial charge in [-0.15, -0.1) is 0 Å². The van der Waals surface area contributed by atoms with Gasteiger partial charge in [0.1, 0.15) is 13.2 Å². The number of nitrogens with zero attached hydrogens (tertiary/aromatic N) is 1. The van der Waals surface area contributed by atoms with Crippen LogP contribution in [-0.2, 0) is 9.59 Å². The average Bonchev–Trinajstić information content (AvgIpc) is 3.57. The lowest BCUT2D eigenvalue weighted by molar-refractivity contribution is -0.140. The van der Waals surface area contributed by atoms with Crippen molar-refractivity contribution in [2.24, 2.45) is 17.3 Å². The molecule has 3 atom stereocenters. The number of carbonyl (C=O) groups is 2. The van der Waals surface area contributed by atoms with Gasteiger partial charge < -0.3 is 19.5 Å². The van der Waals surface area contributed by atoms with Gasteiger partial charge in [0.25, 0.3) is 0 Å². The predicted octanol–water partition coefficient (Wildman–Crippen LogP) is 2.27. The SMILES string of the molecule is O=C(O)C1CC12CCN(C(=O)C1CC1c1ccc3c(c1)OCCO3)CC2. The van der Waals surface area contributed by atoms with Crippen molar-refractivity contribution in [2.75, 3.05) is 26.3 Å². The number of piperidine rings is 1. The maximum atomic E-state index is 12.8. The van der Waals surface area contributed by atoms with E-state index in [2.05, 4.69) is 0 Å². The molecule has 1 aromatic carbocycles. The first kappa shape index (κ1) is 16.0. The van der Waals surface area contributed by atoms with Crippen molar-refractivity contribution in [2.45, 2.75) is 31.6 Å². The van der Waals surface area contributed by atoms with E-state index in [4.69, 9.17) is 9.47 Å². The number of carboxylic acids is 1. The number of fused-ring (bicyclic) bond motifs is 1. The van der Waals surface area contributed by atoms with Crippen molar-refractivity contribution in [1.29, 1.82) is 0 Å². The summed E-state index contributed by atoms with van der Waals surface area (Å²) in [5, 5.41) is 9.19. The first-order valence-corrected chi connectivity index (χ1v) is 9.48. The molecule has 6 nitrogen and oxygen atoms in total. The molecule has 1 spiro atoms. The molecule has 2 aliphatic heterocycles. The Kier molecular flexibility index (Phi) is 3.46. The summed E-state index contributed by atoms with van der Waals surface area (Å²) in [6, 6.07) is 5.99. The maximum absolute atomic E-state index is 12.8. The van der Waals surface area contributed by atoms with E-state index in [0.717, 1.165) is 42.7 Å². The van der Waals surface area contributed by atoms with Crippen LogP contribution in [0.4, 0.5) is 0 Å². The Morgan fingerprint density at radius 3 is 2.54 bits per heavy atom. The molecule has 3 fully saturated rings. The van der Waals surface area contributed by atoms with Crippen LogP contribution in [0, 0.1) is 17.3 Å². The van der Waals surface area contributed by atoms with Crippen molar-refractivity contribution in [3.8, 4) is 11.5 Å². The van der Waals surface area contributed by atoms with E-state index in [-0.39, 0.29) is 29.1 Å². The molecule has 0 aromatic heterocycles. The number of ether oxygens (including phenoxy) is 2. The summed E-state index contributed by atoms with van der Waals surface area (Å²) in [5.74, 6) is 1.24. The van der Waals surface area contributed by atoms with E-state index in [0.29, 0.717) is 26.3 Å². The molecule has 1 amide bonds. The first-order chi connectivity index (χ1) is 12.6. The van der Waals surface area contributed by atoms with Crippen LogP contribution in [0.1, 0.15) is 37.2 Å². The highest BCUT2D eigenvalue weighted by Gasteiger charge is 2.59. The Bertz CT molecular complexity index is 767. The maximum Gasteiger partial charge on any atom is 0.307 e. The highest BCUT2D eigenvalue weighted by Crippen LogP contribution is 2.60. The minimum atomic E-state index is -0.675. The fourth-order valence-corrected chi connectivity index (χ4v) is 4.78. The van der Waals surface area contributed by atoms with Crippen molar-refractivity contribution in [3.05, 3.63) is 23.8 Å². The fraction of sp³-hybridized carbons (Fsp3) is 0.600. The summed E-state index contributed by atoms with van der Waals surface area (Å²) in [5.41, 5.74) is 1.12. The molecular weight excluding hydrogens is 334 g/mol. The number of hydrogen-bond donors (Lipinski definition) is 1. The molecule has 2 heterocycles. The Morgan fingerprint density at radius 2 is 1.85 bits per heavy atom. The van der Waals surface area contributed by atoms with Crippen LogP contribution < -0.4 is 9.47 Å². The molecular formula is C20H23NO5. The molecule has 1 saturated heterocycles. The van der Waals surface area contributed by atoms with Crippen LogP contribution in [0.5, 0.6) is 11.5 Å². The van der Waals surface area contributed by atoms with Crippen LogP contribution in [0.2, 0.25) is 0 Å². The zero-order chi connectivity index (χ0) is 17.9. The van der Waals surface area contributed by atoms with E-state index in [1.165, 1.54) is 0 Å². The predicted molar refractivity (Wildman–Crippen MR) is 92.3 cm³/mol. The van der Waals surface area contributed by atoms with Gasteiger partial charge >= 0.3 is 5.97 Å². The first-order valence-electron chi connectivity index (χ1n) is 9.48. The van der Waals surface area contributed by atoms with Gasteiger partial charge in [0.05, 0.1) is 5.92 Å². The quantitative estimate of drug-likeness (QED) is 0.898. The van der Waals surface area contributed by atoms with Gasteiger partial charge in [-0.3, -0.25) is 9.59 Å². The molecule has 0 bridgehead atoms. The van der Waals surface area contributed by atoms with Crippen molar-refractivity contribution >= 4 is 11.9 Å². The van der Waals surface area contributed by atoms with E-state index >= 15 is 0 Å². The van der Waals surface area contributed by atoms with Gasteiger partial charge in [-0.05, 0) is 54.7 Å². The highest BCUT2D eigenvalue weighted by molar-refractivity contribution is 5.83. The second-order valence-corrected chi connectivity index (χ2v) is 8.13. The Balaban J connectivity index is 1.20. The summed E-state index contributed by atoms with van der Waals surface area (Å²) in [6.45, 7) is 2.55. The minimum absolute atomic E-state index is 0.0264. The molecule has 1 N–H and O–H groups in total. The summed E-state index contributed by atoms with van der Waals surface area (Å²) in [4.78, 5) is 26.0. The third kappa shape index (κ3) is 2.54. The van der Waals surface area contributed by atoms with E-state index in [1.54, 1.807) is 0 Å². The van der Waals surface area contributed by atoms with Crippen LogP contribution >= 0.6 is 0 Å². The number of amides is 1. The monoisotopic (exact) mass is 357 g/mol. The molecule has 6 heteroatoms. The molecule has 4 aliphatic rings. The molecule has 0 radical (unpaired) electrons. The average molecular weight is 357 g/mol. The lowest BCUT2D eigenvalue weighted by Gasteiger charge is -2.33. The van der Waals surface area contributed by atoms with Gasteiger partial charge in [0.15, 0.2) is 11.5 Å². The summed E-state index contributed by atoms with van der Waals surface area (Å²) < 4.78 is 11.2. The van der Waals surface area contributed by atoms with Gasteiger partial charge in [-0.25, -0.2) is 0 Å². The van der Waals surface area contributed by atoms with Crippen molar-refractivity contribution in [3.63, 3.8) is 0 Å². The van der Waals surface area contributed by atoms with E-state index in [9.17, 15) is 14.7 Å². The molecule has 138 valence electrons. The molecule has 3 unspecified atom stereocenters. The zero-order valence-corrected chi connectivity index (χ0v) is 14.6. The standard InChI is InChI=1S/C20H23NO5/c22-18(21-5-3-20(4-6-21)11-15(20)19(23)24)14-10-13(14)12-1-2-16-17(9-12)26-8-7-25-16/h1-2,9,13-15H,3-8,10-11H2,(H,23,24). The van der Waals surface area contributed by atoms with Crippen LogP contribution in [-0.4, -0.2) is 48.2 Å². The lowest BCUT2D eigenvalue weighted by Crippen LogP contribution is -2.41. The normalized spacial score (nSPS) is 30.8. The zero-order valence-electron chi connectivity index (χ0n) is 14.6. The van der Waals surface area contributed by atoms with Crippen LogP contribution in [0.3, 0.4) is 0 Å². The number of benzene rings is 1. The molecule has 26 heavy (non-hydrogen) atoms. The lowest BCUT2D eigenvalue weighted by atomic mass is 9.90. The topological polar surface area (TPSA) is 76.1 Å². The molecule has 5 rings (SSSR count).